The van der Waals surface area contributed by atoms with E-state index in [0.717, 1.165) is 26.2 Å². The van der Waals surface area contributed by atoms with E-state index in [-0.39, 0.29) is 0 Å². The summed E-state index contributed by atoms with van der Waals surface area (Å²) in [5, 5.41) is 0. The van der Waals surface area contributed by atoms with Gasteiger partial charge in [0.1, 0.15) is 0 Å². The summed E-state index contributed by atoms with van der Waals surface area (Å²) >= 11 is 3.63. The molecule has 0 N–H and O–H groups in total. The topological polar surface area (TPSA) is 38.2 Å². The molecule has 3 rings (SSSR count). The number of rotatable bonds is 5. The summed E-state index contributed by atoms with van der Waals surface area (Å²) in [6, 6.07) is 8.45. The van der Waals surface area contributed by atoms with Crippen LogP contribution in [0.15, 0.2) is 47.3 Å². The number of ether oxygens (including phenoxy) is 1. The average Bonchev–Trinajstić information content (AvgIpc) is 2.57. The third-order valence-corrected chi connectivity index (χ3v) is 4.84. The van der Waals surface area contributed by atoms with Crippen molar-refractivity contribution in [3.8, 4) is 5.88 Å². The Kier molecular flexibility index (Phi) is 5.40. The minimum absolute atomic E-state index is 0.609. The summed E-state index contributed by atoms with van der Waals surface area (Å²) < 4.78 is 6.92. The largest absolute Gasteiger partial charge is 0.476 e. The van der Waals surface area contributed by atoms with Gasteiger partial charge in [-0.1, -0.05) is 34.1 Å². The number of halogens is 1. The molecule has 1 aliphatic heterocycles. The second kappa shape index (κ2) is 7.70. The summed E-state index contributed by atoms with van der Waals surface area (Å²) in [7, 11) is 0. The van der Waals surface area contributed by atoms with Gasteiger partial charge in [0.15, 0.2) is 0 Å². The van der Waals surface area contributed by atoms with Crippen LogP contribution in [-0.2, 0) is 6.54 Å². The Morgan fingerprint density at radius 1 is 1.18 bits per heavy atom. The van der Waals surface area contributed by atoms with Gasteiger partial charge in [-0.25, -0.2) is 4.98 Å². The Morgan fingerprint density at radius 2 is 2.00 bits per heavy atom. The van der Waals surface area contributed by atoms with Gasteiger partial charge < -0.3 is 4.74 Å². The Morgan fingerprint density at radius 3 is 2.73 bits per heavy atom. The first-order valence-electron chi connectivity index (χ1n) is 7.66. The van der Waals surface area contributed by atoms with Crippen LogP contribution in [0.4, 0.5) is 0 Å². The molecule has 0 radical (unpaired) electrons. The molecule has 22 heavy (non-hydrogen) atoms. The lowest BCUT2D eigenvalue weighted by Gasteiger charge is -2.31. The zero-order chi connectivity index (χ0) is 15.2. The van der Waals surface area contributed by atoms with Gasteiger partial charge in [0, 0.05) is 23.4 Å². The lowest BCUT2D eigenvalue weighted by molar-refractivity contribution is 0.134. The molecule has 0 atom stereocenters. The molecule has 1 aliphatic rings. The molecule has 0 bridgehead atoms. The maximum Gasteiger partial charge on any atom is 0.232 e. The zero-order valence-electron chi connectivity index (χ0n) is 12.5. The number of hydrogen-bond donors (Lipinski definition) is 0. The SMILES string of the molecule is Brc1ccccc1CN1CCC(COc2cnccn2)CC1. The van der Waals surface area contributed by atoms with E-state index in [4.69, 9.17) is 4.74 Å². The number of benzene rings is 1. The van der Waals surface area contributed by atoms with Crippen LogP contribution in [0, 0.1) is 5.92 Å². The Hall–Kier alpha value is -1.46. The van der Waals surface area contributed by atoms with Gasteiger partial charge in [-0.2, -0.15) is 0 Å². The van der Waals surface area contributed by atoms with E-state index in [9.17, 15) is 0 Å². The van der Waals surface area contributed by atoms with Crippen LogP contribution in [0.25, 0.3) is 0 Å². The number of aromatic nitrogens is 2. The summed E-state index contributed by atoms with van der Waals surface area (Å²) in [5.74, 6) is 1.23. The van der Waals surface area contributed by atoms with Crippen molar-refractivity contribution in [2.24, 2.45) is 5.92 Å². The van der Waals surface area contributed by atoms with Crippen LogP contribution in [0.3, 0.4) is 0 Å². The molecule has 5 heteroatoms. The number of likely N-dealkylation sites (tertiary alicyclic amines) is 1. The lowest BCUT2D eigenvalue weighted by Crippen LogP contribution is -2.35. The fraction of sp³-hybridized carbons (Fsp3) is 0.412. The van der Waals surface area contributed by atoms with Crippen molar-refractivity contribution in [3.05, 3.63) is 52.9 Å². The average molecular weight is 362 g/mol. The summed E-state index contributed by atoms with van der Waals surface area (Å²) in [6.07, 6.45) is 7.33. The van der Waals surface area contributed by atoms with Crippen molar-refractivity contribution in [1.29, 1.82) is 0 Å². The molecule has 4 nitrogen and oxygen atoms in total. The first-order chi connectivity index (χ1) is 10.8. The van der Waals surface area contributed by atoms with Crippen molar-refractivity contribution >= 4 is 15.9 Å². The quantitative estimate of drug-likeness (QED) is 0.816. The Balaban J connectivity index is 1.44. The minimum atomic E-state index is 0.609. The predicted octanol–water partition coefficient (Wildman–Crippen LogP) is 3.53. The first kappa shape index (κ1) is 15.4. The maximum absolute atomic E-state index is 5.72. The highest BCUT2D eigenvalue weighted by molar-refractivity contribution is 9.10. The van der Waals surface area contributed by atoms with Gasteiger partial charge in [0.25, 0.3) is 0 Å². The molecule has 2 aromatic rings. The van der Waals surface area contributed by atoms with Crippen molar-refractivity contribution in [2.45, 2.75) is 19.4 Å². The fourth-order valence-electron chi connectivity index (χ4n) is 2.74. The number of hydrogen-bond acceptors (Lipinski definition) is 4. The van der Waals surface area contributed by atoms with Crippen LogP contribution in [0.5, 0.6) is 5.88 Å². The van der Waals surface area contributed by atoms with E-state index in [1.165, 1.54) is 22.9 Å². The summed E-state index contributed by atoms with van der Waals surface area (Å²) in [6.45, 7) is 3.99. The molecule has 0 amide bonds. The van der Waals surface area contributed by atoms with Gasteiger partial charge in [0.2, 0.25) is 5.88 Å². The molecule has 1 saturated heterocycles. The lowest BCUT2D eigenvalue weighted by atomic mass is 9.97. The second-order valence-electron chi connectivity index (χ2n) is 5.67. The molecule has 0 saturated carbocycles. The monoisotopic (exact) mass is 361 g/mol. The highest BCUT2D eigenvalue weighted by Gasteiger charge is 2.20. The molecule has 1 aromatic carbocycles. The zero-order valence-corrected chi connectivity index (χ0v) is 14.1. The maximum atomic E-state index is 5.72. The van der Waals surface area contributed by atoms with Gasteiger partial charge in [0.05, 0.1) is 12.8 Å². The number of nitrogens with zero attached hydrogens (tertiary/aromatic N) is 3. The third kappa shape index (κ3) is 4.27. The van der Waals surface area contributed by atoms with Crippen LogP contribution in [-0.4, -0.2) is 34.6 Å². The predicted molar refractivity (Wildman–Crippen MR) is 89.7 cm³/mol. The molecule has 0 unspecified atom stereocenters. The van der Waals surface area contributed by atoms with Crippen molar-refractivity contribution in [3.63, 3.8) is 0 Å². The van der Waals surface area contributed by atoms with Crippen LogP contribution < -0.4 is 4.74 Å². The van der Waals surface area contributed by atoms with Crippen LogP contribution in [0.2, 0.25) is 0 Å². The van der Waals surface area contributed by atoms with Crippen LogP contribution in [0.1, 0.15) is 18.4 Å². The summed E-state index contributed by atoms with van der Waals surface area (Å²) in [5.41, 5.74) is 1.36. The van der Waals surface area contributed by atoms with Crippen molar-refractivity contribution in [2.75, 3.05) is 19.7 Å². The molecular formula is C17H20BrN3O. The van der Waals surface area contributed by atoms with E-state index in [0.29, 0.717) is 11.8 Å². The number of piperidine rings is 1. The standard InChI is InChI=1S/C17H20BrN3O/c18-16-4-2-1-3-15(16)12-21-9-5-14(6-10-21)13-22-17-11-19-7-8-20-17/h1-4,7-8,11,14H,5-6,9-10,12-13H2. The highest BCUT2D eigenvalue weighted by atomic mass is 79.9. The Labute approximate surface area is 139 Å². The van der Waals surface area contributed by atoms with Gasteiger partial charge in [-0.05, 0) is 43.5 Å². The van der Waals surface area contributed by atoms with Crippen molar-refractivity contribution in [1.82, 2.24) is 14.9 Å². The van der Waals surface area contributed by atoms with E-state index < -0.39 is 0 Å². The summed E-state index contributed by atoms with van der Waals surface area (Å²) in [4.78, 5) is 10.7. The van der Waals surface area contributed by atoms with E-state index in [1.54, 1.807) is 18.6 Å². The Bertz CT molecular complexity index is 585. The van der Waals surface area contributed by atoms with E-state index >= 15 is 0 Å². The molecule has 2 heterocycles. The highest BCUT2D eigenvalue weighted by Crippen LogP contribution is 2.23. The molecular weight excluding hydrogens is 342 g/mol. The molecule has 116 valence electrons. The first-order valence-corrected chi connectivity index (χ1v) is 8.45. The van der Waals surface area contributed by atoms with E-state index in [2.05, 4.69) is 55.1 Å². The van der Waals surface area contributed by atoms with E-state index in [1.807, 2.05) is 0 Å². The van der Waals surface area contributed by atoms with Gasteiger partial charge >= 0.3 is 0 Å². The molecule has 1 aromatic heterocycles. The molecule has 0 spiro atoms. The normalized spacial score (nSPS) is 16.6. The molecule has 1 fully saturated rings. The van der Waals surface area contributed by atoms with Crippen molar-refractivity contribution < 1.29 is 4.74 Å². The third-order valence-electron chi connectivity index (χ3n) is 4.07. The smallest absolute Gasteiger partial charge is 0.232 e. The fourth-order valence-corrected chi connectivity index (χ4v) is 3.15. The van der Waals surface area contributed by atoms with Crippen LogP contribution >= 0.6 is 15.9 Å². The second-order valence-corrected chi connectivity index (χ2v) is 6.52. The van der Waals surface area contributed by atoms with Gasteiger partial charge in [-0.15, -0.1) is 0 Å². The minimum Gasteiger partial charge on any atom is -0.476 e. The van der Waals surface area contributed by atoms with Gasteiger partial charge in [-0.3, -0.25) is 9.88 Å². The molecule has 0 aliphatic carbocycles.